The molecule has 0 bridgehead atoms. The normalized spacial score (nSPS) is 23.0. The van der Waals surface area contributed by atoms with Crippen LogP contribution < -0.4 is 5.32 Å². The van der Waals surface area contributed by atoms with Crippen LogP contribution in [0.4, 0.5) is 11.4 Å². The monoisotopic (exact) mass is 594 g/mol. The van der Waals surface area contributed by atoms with Gasteiger partial charge in [0, 0.05) is 53.8 Å². The zero-order chi connectivity index (χ0) is 29.7. The summed E-state index contributed by atoms with van der Waals surface area (Å²) in [7, 11) is -7.77. The van der Waals surface area contributed by atoms with E-state index in [0.29, 0.717) is 36.1 Å². The Hall–Kier alpha value is -3.30. The molecule has 11 heteroatoms. The van der Waals surface area contributed by atoms with Gasteiger partial charge in [-0.25, -0.2) is 16.8 Å². The minimum absolute atomic E-state index is 0.00266. The molecule has 0 aromatic heterocycles. The number of hydrogen-bond donors (Lipinski definition) is 1. The standard InChI is InChI=1S/C30H34N4O5S2/c1-6-31-29-25-9-7-23(40(36,37)33-15-19(2)11-20(3)16-33)13-27(25)30(32-35)28-14-24(8-10-26(28)29)41(38,39)34-17-21(4)12-22(5)18-34/h1,7-10,13-14,20-22,31H,2,11-12,15-18H2,3-5H3. The van der Waals surface area contributed by atoms with Crippen molar-refractivity contribution in [1.82, 2.24) is 8.61 Å². The van der Waals surface area contributed by atoms with E-state index >= 15 is 0 Å². The first-order valence-corrected chi connectivity index (χ1v) is 16.5. The van der Waals surface area contributed by atoms with Gasteiger partial charge >= 0.3 is 0 Å². The van der Waals surface area contributed by atoms with Crippen LogP contribution in [0.2, 0.25) is 0 Å². The maximum absolute atomic E-state index is 13.7. The summed E-state index contributed by atoms with van der Waals surface area (Å²) in [6.45, 7) is 11.4. The maximum atomic E-state index is 13.7. The van der Waals surface area contributed by atoms with Crippen molar-refractivity contribution in [3.05, 3.63) is 53.5 Å². The van der Waals surface area contributed by atoms with Crippen LogP contribution in [0.3, 0.4) is 0 Å². The van der Waals surface area contributed by atoms with Gasteiger partial charge in [-0.2, -0.15) is 8.61 Å². The maximum Gasteiger partial charge on any atom is 0.243 e. The first kappa shape index (κ1) is 29.2. The molecule has 0 spiro atoms. The molecule has 9 nitrogen and oxygen atoms in total. The zero-order valence-electron chi connectivity index (χ0n) is 23.4. The average molecular weight is 595 g/mol. The quantitative estimate of drug-likeness (QED) is 0.130. The van der Waals surface area contributed by atoms with Gasteiger partial charge in [0.25, 0.3) is 0 Å². The number of nitrogens with zero attached hydrogens (tertiary/aromatic N) is 3. The Balaban J connectivity index is 1.71. The van der Waals surface area contributed by atoms with E-state index in [0.717, 1.165) is 18.4 Å². The molecule has 2 saturated heterocycles. The summed E-state index contributed by atoms with van der Waals surface area (Å²) in [6, 6.07) is 11.4. The Labute approximate surface area is 241 Å². The van der Waals surface area contributed by atoms with Gasteiger partial charge in [0.1, 0.15) is 5.69 Å². The highest BCUT2D eigenvalue weighted by Crippen LogP contribution is 2.43. The van der Waals surface area contributed by atoms with Gasteiger partial charge in [-0.15, -0.1) is 4.91 Å². The molecule has 0 amide bonds. The van der Waals surface area contributed by atoms with E-state index in [-0.39, 0.29) is 50.5 Å². The number of nitrogens with one attached hydrogen (secondary N) is 1. The molecule has 2 aliphatic rings. The van der Waals surface area contributed by atoms with E-state index in [1.807, 2.05) is 20.8 Å². The lowest BCUT2D eigenvalue weighted by Crippen LogP contribution is -2.42. The molecule has 41 heavy (non-hydrogen) atoms. The number of terminal acetylenes is 1. The molecule has 0 radical (unpaired) electrons. The van der Waals surface area contributed by atoms with Gasteiger partial charge in [0.05, 0.1) is 15.5 Å². The molecule has 3 atom stereocenters. The predicted octanol–water partition coefficient (Wildman–Crippen LogP) is 5.65. The molecule has 2 fully saturated rings. The lowest BCUT2D eigenvalue weighted by atomic mass is 9.94. The molecule has 216 valence electrons. The van der Waals surface area contributed by atoms with Crippen LogP contribution in [0, 0.1) is 35.1 Å². The van der Waals surface area contributed by atoms with Gasteiger partial charge in [0.2, 0.25) is 20.0 Å². The molecular formula is C30H34N4O5S2. The Morgan fingerprint density at radius 3 is 1.85 bits per heavy atom. The molecule has 3 aromatic carbocycles. The Kier molecular flexibility index (Phi) is 7.72. The topological polar surface area (TPSA) is 116 Å². The number of benzene rings is 3. The van der Waals surface area contributed by atoms with Crippen LogP contribution in [-0.2, 0) is 20.0 Å². The fraction of sp³-hybridized carbons (Fsp3) is 0.400. The van der Waals surface area contributed by atoms with Crippen molar-refractivity contribution in [3.8, 4) is 12.5 Å². The number of hydrogen-bond acceptors (Lipinski definition) is 7. The van der Waals surface area contributed by atoms with Crippen molar-refractivity contribution in [2.75, 3.05) is 31.5 Å². The average Bonchev–Trinajstić information content (AvgIpc) is 2.91. The van der Waals surface area contributed by atoms with E-state index in [2.05, 4.69) is 23.1 Å². The van der Waals surface area contributed by atoms with E-state index in [1.165, 1.54) is 32.9 Å². The van der Waals surface area contributed by atoms with Gasteiger partial charge in [-0.1, -0.05) is 51.5 Å². The van der Waals surface area contributed by atoms with Crippen molar-refractivity contribution in [2.45, 2.75) is 43.4 Å². The summed E-state index contributed by atoms with van der Waals surface area (Å²) in [5, 5.41) is 7.66. The number of sulfonamides is 2. The molecule has 2 aliphatic heterocycles. The number of rotatable bonds is 6. The fourth-order valence-corrected chi connectivity index (χ4v) is 9.67. The SMILES string of the molecule is C#CNc1c2ccc(S(=O)(=O)N3CC(=C)CC(C)C3)cc2c(N=O)c2cc(S(=O)(=O)N3CC(C)CC(C)C3)ccc12. The smallest absolute Gasteiger partial charge is 0.243 e. The van der Waals surface area contributed by atoms with E-state index in [1.54, 1.807) is 12.1 Å². The number of fused-ring (bicyclic) bond motifs is 2. The van der Waals surface area contributed by atoms with Crippen LogP contribution in [0.5, 0.6) is 0 Å². The lowest BCUT2D eigenvalue weighted by molar-refractivity contribution is 0.222. The second kappa shape index (κ2) is 10.8. The van der Waals surface area contributed by atoms with Crippen LogP contribution in [0.15, 0.2) is 63.5 Å². The molecule has 0 saturated carbocycles. The third-order valence-corrected chi connectivity index (χ3v) is 11.6. The number of piperidine rings is 2. The van der Waals surface area contributed by atoms with E-state index in [4.69, 9.17) is 6.42 Å². The predicted molar refractivity (Wildman–Crippen MR) is 163 cm³/mol. The second-order valence-corrected chi connectivity index (χ2v) is 15.5. The number of anilines is 1. The first-order chi connectivity index (χ1) is 19.4. The highest BCUT2D eigenvalue weighted by atomic mass is 32.2. The molecule has 0 aliphatic carbocycles. The Morgan fingerprint density at radius 1 is 0.854 bits per heavy atom. The largest absolute Gasteiger partial charge is 0.314 e. The van der Waals surface area contributed by atoms with Crippen LogP contribution >= 0.6 is 0 Å². The van der Waals surface area contributed by atoms with Crippen LogP contribution in [0.1, 0.15) is 33.6 Å². The van der Waals surface area contributed by atoms with E-state index in [9.17, 15) is 21.7 Å². The van der Waals surface area contributed by atoms with Gasteiger partial charge in [-0.3, -0.25) is 0 Å². The van der Waals surface area contributed by atoms with Crippen molar-refractivity contribution >= 4 is 53.0 Å². The lowest BCUT2D eigenvalue weighted by Gasteiger charge is -2.34. The van der Waals surface area contributed by atoms with Crippen molar-refractivity contribution in [2.24, 2.45) is 22.9 Å². The van der Waals surface area contributed by atoms with Gasteiger partial charge < -0.3 is 5.32 Å². The van der Waals surface area contributed by atoms with Crippen LogP contribution in [0.25, 0.3) is 21.5 Å². The molecule has 3 unspecified atom stereocenters. The summed E-state index contributed by atoms with van der Waals surface area (Å²) < 4.78 is 57.6. The summed E-state index contributed by atoms with van der Waals surface area (Å²) >= 11 is 0. The third kappa shape index (κ3) is 5.26. The zero-order valence-corrected chi connectivity index (χ0v) is 25.1. The highest BCUT2D eigenvalue weighted by Gasteiger charge is 2.33. The first-order valence-electron chi connectivity index (χ1n) is 13.6. The third-order valence-electron chi connectivity index (χ3n) is 7.98. The van der Waals surface area contributed by atoms with Crippen LogP contribution in [-0.4, -0.2) is 51.6 Å². The minimum Gasteiger partial charge on any atom is -0.314 e. The Morgan fingerprint density at radius 2 is 1.37 bits per heavy atom. The summed E-state index contributed by atoms with van der Waals surface area (Å²) in [6.07, 6.45) is 7.31. The van der Waals surface area contributed by atoms with E-state index < -0.39 is 20.0 Å². The van der Waals surface area contributed by atoms with Crippen molar-refractivity contribution in [3.63, 3.8) is 0 Å². The molecule has 5 rings (SSSR count). The van der Waals surface area contributed by atoms with Crippen molar-refractivity contribution in [1.29, 1.82) is 0 Å². The summed E-state index contributed by atoms with van der Waals surface area (Å²) in [4.78, 5) is 12.4. The second-order valence-electron chi connectivity index (χ2n) is 11.6. The molecule has 1 N–H and O–H groups in total. The molecule has 2 heterocycles. The van der Waals surface area contributed by atoms with Gasteiger partial charge in [0.15, 0.2) is 0 Å². The Bertz CT molecular complexity index is 1820. The summed E-state index contributed by atoms with van der Waals surface area (Å²) in [5.41, 5.74) is 1.24. The number of nitroso groups, excluding NO2 is 1. The minimum atomic E-state index is -3.91. The molecule has 3 aromatic rings. The van der Waals surface area contributed by atoms with Gasteiger partial charge in [-0.05, 0) is 60.0 Å². The fourth-order valence-electron chi connectivity index (χ4n) is 6.36. The van der Waals surface area contributed by atoms with Crippen molar-refractivity contribution < 1.29 is 16.8 Å². The summed E-state index contributed by atoms with van der Waals surface area (Å²) in [5.74, 6) is 0.564. The molecular weight excluding hydrogens is 560 g/mol. The highest BCUT2D eigenvalue weighted by molar-refractivity contribution is 7.89.